The third-order valence-corrected chi connectivity index (χ3v) is 3.21. The van der Waals surface area contributed by atoms with Gasteiger partial charge in [-0.05, 0) is 19.4 Å². The van der Waals surface area contributed by atoms with Gasteiger partial charge >= 0.3 is 5.97 Å². The van der Waals surface area contributed by atoms with E-state index >= 15 is 0 Å². The molecular weight excluding hydrogens is 274 g/mol. The Morgan fingerprint density at radius 3 is 2.86 bits per heavy atom. The molecule has 112 valence electrons. The average molecular weight is 291 g/mol. The zero-order valence-electron chi connectivity index (χ0n) is 12.0. The minimum atomic E-state index is -0.561. The zero-order valence-corrected chi connectivity index (χ0v) is 12.0. The SMILES string of the molecule is CCCC(C(=O)OCC)n1ncc2ccc([N+](=O)[O-])cc21. The van der Waals surface area contributed by atoms with Crippen molar-refractivity contribution in [2.24, 2.45) is 0 Å². The molecule has 0 N–H and O–H groups in total. The number of nitrogens with zero attached hydrogens (tertiary/aromatic N) is 3. The predicted octanol–water partition coefficient (Wildman–Crippen LogP) is 2.85. The van der Waals surface area contributed by atoms with Crippen LogP contribution in [0.3, 0.4) is 0 Å². The highest BCUT2D eigenvalue weighted by Crippen LogP contribution is 2.25. The van der Waals surface area contributed by atoms with Gasteiger partial charge in [0.2, 0.25) is 0 Å². The van der Waals surface area contributed by atoms with Gasteiger partial charge in [-0.1, -0.05) is 13.3 Å². The number of nitro benzene ring substituents is 1. The van der Waals surface area contributed by atoms with Crippen LogP contribution >= 0.6 is 0 Å². The van der Waals surface area contributed by atoms with Crippen molar-refractivity contribution >= 4 is 22.6 Å². The van der Waals surface area contributed by atoms with E-state index in [9.17, 15) is 14.9 Å². The molecule has 0 radical (unpaired) electrons. The normalized spacial score (nSPS) is 12.3. The van der Waals surface area contributed by atoms with E-state index in [4.69, 9.17) is 4.74 Å². The largest absolute Gasteiger partial charge is 0.464 e. The lowest BCUT2D eigenvalue weighted by Gasteiger charge is -2.16. The summed E-state index contributed by atoms with van der Waals surface area (Å²) in [4.78, 5) is 22.5. The molecule has 1 heterocycles. The van der Waals surface area contributed by atoms with Gasteiger partial charge in [0, 0.05) is 17.5 Å². The zero-order chi connectivity index (χ0) is 15.4. The number of aromatic nitrogens is 2. The number of hydrogen-bond donors (Lipinski definition) is 0. The molecule has 1 aromatic heterocycles. The Hall–Kier alpha value is -2.44. The minimum absolute atomic E-state index is 0.0247. The summed E-state index contributed by atoms with van der Waals surface area (Å²) in [5, 5.41) is 15.9. The van der Waals surface area contributed by atoms with Crippen LogP contribution in [0.4, 0.5) is 5.69 Å². The van der Waals surface area contributed by atoms with E-state index in [0.29, 0.717) is 18.5 Å². The first kappa shape index (κ1) is 15.0. The fourth-order valence-corrected chi connectivity index (χ4v) is 2.24. The highest BCUT2D eigenvalue weighted by Gasteiger charge is 2.24. The van der Waals surface area contributed by atoms with Crippen LogP contribution in [0, 0.1) is 10.1 Å². The number of non-ortho nitro benzene ring substituents is 1. The highest BCUT2D eigenvalue weighted by molar-refractivity contribution is 5.83. The van der Waals surface area contributed by atoms with Gasteiger partial charge in [0.05, 0.1) is 23.2 Å². The summed E-state index contributed by atoms with van der Waals surface area (Å²) in [6, 6.07) is 3.93. The van der Waals surface area contributed by atoms with E-state index in [1.165, 1.54) is 16.8 Å². The van der Waals surface area contributed by atoms with E-state index in [2.05, 4.69) is 5.10 Å². The van der Waals surface area contributed by atoms with E-state index in [0.717, 1.165) is 11.8 Å². The Kier molecular flexibility index (Phi) is 4.52. The molecule has 2 aromatic rings. The van der Waals surface area contributed by atoms with Gasteiger partial charge in [-0.15, -0.1) is 0 Å². The number of ether oxygens (including phenoxy) is 1. The van der Waals surface area contributed by atoms with Crippen molar-refractivity contribution in [2.75, 3.05) is 6.61 Å². The number of carbonyl (C=O) groups excluding carboxylic acids is 1. The molecule has 0 aliphatic rings. The summed E-state index contributed by atoms with van der Waals surface area (Å²) in [7, 11) is 0. The summed E-state index contributed by atoms with van der Waals surface area (Å²) in [5.41, 5.74) is 0.541. The molecule has 21 heavy (non-hydrogen) atoms. The summed E-state index contributed by atoms with van der Waals surface area (Å²) >= 11 is 0. The van der Waals surface area contributed by atoms with Crippen molar-refractivity contribution in [3.8, 4) is 0 Å². The molecule has 0 spiro atoms. The topological polar surface area (TPSA) is 87.3 Å². The quantitative estimate of drug-likeness (QED) is 0.464. The number of esters is 1. The smallest absolute Gasteiger partial charge is 0.330 e. The number of nitro groups is 1. The summed E-state index contributed by atoms with van der Waals surface area (Å²) in [6.07, 6.45) is 2.94. The van der Waals surface area contributed by atoms with Crippen LogP contribution in [0.25, 0.3) is 10.9 Å². The molecule has 1 atom stereocenters. The molecule has 2 rings (SSSR count). The number of rotatable bonds is 6. The number of hydrogen-bond acceptors (Lipinski definition) is 5. The van der Waals surface area contributed by atoms with Crippen LogP contribution in [-0.2, 0) is 9.53 Å². The number of fused-ring (bicyclic) bond motifs is 1. The third kappa shape index (κ3) is 3.01. The van der Waals surface area contributed by atoms with Crippen LogP contribution in [-0.4, -0.2) is 27.3 Å². The summed E-state index contributed by atoms with van der Waals surface area (Å²) in [6.45, 7) is 3.99. The molecule has 0 amide bonds. The first-order valence-electron chi connectivity index (χ1n) is 6.86. The molecule has 0 bridgehead atoms. The van der Waals surface area contributed by atoms with Gasteiger partial charge in [-0.3, -0.25) is 14.8 Å². The third-order valence-electron chi connectivity index (χ3n) is 3.21. The van der Waals surface area contributed by atoms with Crippen molar-refractivity contribution in [3.05, 3.63) is 34.5 Å². The molecule has 0 saturated heterocycles. The molecule has 0 saturated carbocycles. The summed E-state index contributed by atoms with van der Waals surface area (Å²) < 4.78 is 6.59. The Bertz CT molecular complexity index is 665. The highest BCUT2D eigenvalue weighted by atomic mass is 16.6. The van der Waals surface area contributed by atoms with Gasteiger partial charge in [-0.2, -0.15) is 5.10 Å². The second-order valence-corrected chi connectivity index (χ2v) is 4.65. The Morgan fingerprint density at radius 2 is 2.24 bits per heavy atom. The lowest BCUT2D eigenvalue weighted by molar-refractivity contribution is -0.384. The van der Waals surface area contributed by atoms with Crippen molar-refractivity contribution < 1.29 is 14.5 Å². The molecule has 1 aromatic carbocycles. The van der Waals surface area contributed by atoms with Crippen LogP contribution < -0.4 is 0 Å². The molecule has 0 aliphatic heterocycles. The predicted molar refractivity (Wildman–Crippen MR) is 77.0 cm³/mol. The lowest BCUT2D eigenvalue weighted by Crippen LogP contribution is -2.22. The maximum atomic E-state index is 12.1. The van der Waals surface area contributed by atoms with Crippen molar-refractivity contribution in [3.63, 3.8) is 0 Å². The van der Waals surface area contributed by atoms with Crippen LogP contribution in [0.5, 0.6) is 0 Å². The molecule has 7 heteroatoms. The van der Waals surface area contributed by atoms with Gasteiger partial charge in [0.1, 0.15) is 6.04 Å². The first-order valence-corrected chi connectivity index (χ1v) is 6.86. The molecule has 1 unspecified atom stereocenters. The minimum Gasteiger partial charge on any atom is -0.464 e. The Labute approximate surface area is 121 Å². The van der Waals surface area contributed by atoms with E-state index < -0.39 is 11.0 Å². The van der Waals surface area contributed by atoms with Gasteiger partial charge < -0.3 is 4.74 Å². The van der Waals surface area contributed by atoms with Gasteiger partial charge in [-0.25, -0.2) is 4.79 Å². The van der Waals surface area contributed by atoms with Crippen molar-refractivity contribution in [2.45, 2.75) is 32.7 Å². The maximum Gasteiger partial charge on any atom is 0.330 e. The van der Waals surface area contributed by atoms with Gasteiger partial charge in [0.25, 0.3) is 5.69 Å². The molecule has 0 aliphatic carbocycles. The first-order chi connectivity index (χ1) is 10.1. The standard InChI is InChI=1S/C14H17N3O4/c1-3-5-12(14(18)21-4-2)16-13-8-11(17(19)20)7-6-10(13)9-15-16/h6-9,12H,3-5H2,1-2H3. The van der Waals surface area contributed by atoms with Crippen molar-refractivity contribution in [1.82, 2.24) is 9.78 Å². The molecular formula is C14H17N3O4. The van der Waals surface area contributed by atoms with Crippen molar-refractivity contribution in [1.29, 1.82) is 0 Å². The maximum absolute atomic E-state index is 12.1. The average Bonchev–Trinajstić information content (AvgIpc) is 2.87. The second-order valence-electron chi connectivity index (χ2n) is 4.65. The second kappa shape index (κ2) is 6.34. The lowest BCUT2D eigenvalue weighted by atomic mass is 10.1. The van der Waals surface area contributed by atoms with E-state index in [1.54, 1.807) is 19.2 Å². The summed E-state index contributed by atoms with van der Waals surface area (Å²) in [5.74, 6) is -0.365. The fraction of sp³-hybridized carbons (Fsp3) is 0.429. The Balaban J connectivity index is 2.49. The van der Waals surface area contributed by atoms with Crippen LogP contribution in [0.1, 0.15) is 32.7 Å². The van der Waals surface area contributed by atoms with E-state index in [-0.39, 0.29) is 11.7 Å². The van der Waals surface area contributed by atoms with Gasteiger partial charge in [0.15, 0.2) is 0 Å². The van der Waals surface area contributed by atoms with E-state index in [1.807, 2.05) is 6.92 Å². The fourth-order valence-electron chi connectivity index (χ4n) is 2.24. The number of benzene rings is 1. The van der Waals surface area contributed by atoms with Crippen LogP contribution in [0.15, 0.2) is 24.4 Å². The molecule has 0 fully saturated rings. The Morgan fingerprint density at radius 1 is 1.48 bits per heavy atom. The monoisotopic (exact) mass is 291 g/mol. The van der Waals surface area contributed by atoms with Crippen LogP contribution in [0.2, 0.25) is 0 Å². The number of carbonyl (C=O) groups is 1. The molecule has 7 nitrogen and oxygen atoms in total.